The van der Waals surface area contributed by atoms with E-state index in [1.54, 1.807) is 13.2 Å². The molecule has 5 nitrogen and oxygen atoms in total. The van der Waals surface area contributed by atoms with Gasteiger partial charge in [-0.25, -0.2) is 0 Å². The van der Waals surface area contributed by atoms with Gasteiger partial charge in [-0.05, 0) is 55.2 Å². The molecule has 0 N–H and O–H groups in total. The van der Waals surface area contributed by atoms with Crippen LogP contribution in [0.1, 0.15) is 40.6 Å². The van der Waals surface area contributed by atoms with E-state index in [2.05, 4.69) is 24.2 Å². The summed E-state index contributed by atoms with van der Waals surface area (Å²) in [4.78, 5) is 15.0. The Balaban J connectivity index is 1.57. The first-order valence-electron chi connectivity index (χ1n) is 9.15. The largest absolute Gasteiger partial charge is 0.497 e. The Labute approximate surface area is 158 Å². The number of hydrogen-bond donors (Lipinski definition) is 0. The van der Waals surface area contributed by atoms with Crippen LogP contribution in [0.25, 0.3) is 11.3 Å². The summed E-state index contributed by atoms with van der Waals surface area (Å²) in [5.41, 5.74) is 3.94. The first kappa shape index (κ1) is 17.3. The molecule has 0 aliphatic carbocycles. The molecule has 0 bridgehead atoms. The van der Waals surface area contributed by atoms with E-state index in [9.17, 15) is 4.79 Å². The molecule has 27 heavy (non-hydrogen) atoms. The van der Waals surface area contributed by atoms with Gasteiger partial charge >= 0.3 is 0 Å². The number of carbonyl (C=O) groups excluding carboxylic acids is 1. The lowest BCUT2D eigenvalue weighted by atomic mass is 9.99. The summed E-state index contributed by atoms with van der Waals surface area (Å²) in [6.07, 6.45) is 1.96. The fourth-order valence-electron chi connectivity index (χ4n) is 3.71. The Morgan fingerprint density at radius 2 is 1.96 bits per heavy atom. The molecule has 4 rings (SSSR count). The number of nitrogens with zero attached hydrogens (tertiary/aromatic N) is 2. The van der Waals surface area contributed by atoms with Crippen LogP contribution in [0.3, 0.4) is 0 Å². The van der Waals surface area contributed by atoms with Crippen molar-refractivity contribution in [3.05, 3.63) is 71.5 Å². The zero-order valence-electron chi connectivity index (χ0n) is 15.5. The van der Waals surface area contributed by atoms with Gasteiger partial charge in [0.15, 0.2) is 0 Å². The minimum absolute atomic E-state index is 0.0910. The smallest absolute Gasteiger partial charge is 0.292 e. The SMILES string of the molecule is COc1ccc(-c2cc(C(=O)N3CCC[C@H]3c3ccccc3C)on2)cc1. The van der Waals surface area contributed by atoms with Crippen molar-refractivity contribution in [3.8, 4) is 17.0 Å². The van der Waals surface area contributed by atoms with Crippen molar-refractivity contribution in [1.82, 2.24) is 10.1 Å². The van der Waals surface area contributed by atoms with Crippen LogP contribution in [0.15, 0.2) is 59.1 Å². The van der Waals surface area contributed by atoms with Crippen molar-refractivity contribution < 1.29 is 14.1 Å². The molecule has 138 valence electrons. The van der Waals surface area contributed by atoms with Crippen molar-refractivity contribution in [2.75, 3.05) is 13.7 Å². The lowest BCUT2D eigenvalue weighted by Gasteiger charge is -2.25. The molecule has 0 saturated carbocycles. The lowest BCUT2D eigenvalue weighted by molar-refractivity contribution is 0.0693. The van der Waals surface area contributed by atoms with Gasteiger partial charge in [0, 0.05) is 18.2 Å². The third kappa shape index (κ3) is 3.33. The minimum atomic E-state index is -0.104. The highest BCUT2D eigenvalue weighted by Gasteiger charge is 2.33. The van der Waals surface area contributed by atoms with Crippen LogP contribution >= 0.6 is 0 Å². The number of rotatable bonds is 4. The van der Waals surface area contributed by atoms with E-state index in [0.29, 0.717) is 5.69 Å². The summed E-state index contributed by atoms with van der Waals surface area (Å²) in [6.45, 7) is 2.82. The number of amides is 1. The summed E-state index contributed by atoms with van der Waals surface area (Å²) < 4.78 is 10.6. The second-order valence-electron chi connectivity index (χ2n) is 6.82. The number of benzene rings is 2. The van der Waals surface area contributed by atoms with E-state index in [1.807, 2.05) is 41.3 Å². The Morgan fingerprint density at radius 3 is 2.70 bits per heavy atom. The van der Waals surface area contributed by atoms with E-state index in [1.165, 1.54) is 11.1 Å². The van der Waals surface area contributed by atoms with Crippen LogP contribution in [0, 0.1) is 6.92 Å². The molecule has 1 amide bonds. The number of hydrogen-bond acceptors (Lipinski definition) is 4. The molecule has 1 aromatic heterocycles. The van der Waals surface area contributed by atoms with E-state index in [4.69, 9.17) is 9.26 Å². The first-order chi connectivity index (χ1) is 13.2. The third-order valence-corrected chi connectivity index (χ3v) is 5.17. The number of aryl methyl sites for hydroxylation is 1. The second kappa shape index (κ2) is 7.27. The van der Waals surface area contributed by atoms with Crippen LogP contribution in [-0.2, 0) is 0 Å². The molecule has 2 aromatic carbocycles. The maximum atomic E-state index is 13.1. The summed E-state index contributed by atoms with van der Waals surface area (Å²) in [6, 6.07) is 17.6. The fraction of sp³-hybridized carbons (Fsp3) is 0.273. The molecule has 1 atom stereocenters. The van der Waals surface area contributed by atoms with E-state index in [-0.39, 0.29) is 17.7 Å². The highest BCUT2D eigenvalue weighted by atomic mass is 16.5. The minimum Gasteiger partial charge on any atom is -0.497 e. The van der Waals surface area contributed by atoms with Gasteiger partial charge < -0.3 is 14.2 Å². The molecule has 1 aliphatic heterocycles. The van der Waals surface area contributed by atoms with E-state index in [0.717, 1.165) is 30.7 Å². The van der Waals surface area contributed by atoms with Gasteiger partial charge in [0.1, 0.15) is 11.4 Å². The zero-order chi connectivity index (χ0) is 18.8. The molecule has 2 heterocycles. The zero-order valence-corrected chi connectivity index (χ0v) is 15.5. The fourth-order valence-corrected chi connectivity index (χ4v) is 3.71. The van der Waals surface area contributed by atoms with Gasteiger partial charge in [-0.3, -0.25) is 4.79 Å². The molecule has 1 fully saturated rings. The highest BCUT2D eigenvalue weighted by Crippen LogP contribution is 2.35. The van der Waals surface area contributed by atoms with Crippen LogP contribution in [-0.4, -0.2) is 29.6 Å². The topological polar surface area (TPSA) is 55.6 Å². The standard InChI is InChI=1S/C22H22N2O3/c1-15-6-3-4-7-18(15)20-8-5-13-24(20)22(25)21-14-19(23-27-21)16-9-11-17(26-2)12-10-16/h3-4,6-7,9-12,14,20H,5,8,13H2,1-2H3/t20-/m0/s1. The number of ether oxygens (including phenoxy) is 1. The molecule has 1 aliphatic rings. The Morgan fingerprint density at radius 1 is 1.19 bits per heavy atom. The monoisotopic (exact) mass is 362 g/mol. The van der Waals surface area contributed by atoms with Crippen molar-refractivity contribution in [2.24, 2.45) is 0 Å². The third-order valence-electron chi connectivity index (χ3n) is 5.17. The van der Waals surface area contributed by atoms with Crippen molar-refractivity contribution in [2.45, 2.75) is 25.8 Å². The van der Waals surface area contributed by atoms with Crippen molar-refractivity contribution in [3.63, 3.8) is 0 Å². The summed E-state index contributed by atoms with van der Waals surface area (Å²) >= 11 is 0. The molecular formula is C22H22N2O3. The van der Waals surface area contributed by atoms with Gasteiger partial charge in [-0.15, -0.1) is 0 Å². The predicted molar refractivity (Wildman–Crippen MR) is 103 cm³/mol. The van der Waals surface area contributed by atoms with Crippen LogP contribution < -0.4 is 4.74 Å². The Bertz CT molecular complexity index is 946. The van der Waals surface area contributed by atoms with Gasteiger partial charge in [0.2, 0.25) is 5.76 Å². The number of carbonyl (C=O) groups is 1. The molecular weight excluding hydrogens is 340 g/mol. The number of likely N-dealkylation sites (tertiary alicyclic amines) is 1. The molecule has 3 aromatic rings. The summed E-state index contributed by atoms with van der Waals surface area (Å²) in [5.74, 6) is 0.950. The Hall–Kier alpha value is -3.08. The van der Waals surface area contributed by atoms with Gasteiger partial charge in [0.05, 0.1) is 13.2 Å². The normalized spacial score (nSPS) is 16.5. The average molecular weight is 362 g/mol. The maximum Gasteiger partial charge on any atom is 0.292 e. The molecule has 0 spiro atoms. The number of aromatic nitrogens is 1. The predicted octanol–water partition coefficient (Wildman–Crippen LogP) is 4.64. The summed E-state index contributed by atoms with van der Waals surface area (Å²) in [7, 11) is 1.63. The number of methoxy groups -OCH3 is 1. The highest BCUT2D eigenvalue weighted by molar-refractivity contribution is 5.93. The van der Waals surface area contributed by atoms with E-state index >= 15 is 0 Å². The molecule has 5 heteroatoms. The Kier molecular flexibility index (Phi) is 4.67. The average Bonchev–Trinajstić information content (AvgIpc) is 3.38. The maximum absolute atomic E-state index is 13.1. The van der Waals surface area contributed by atoms with Gasteiger partial charge in [-0.2, -0.15) is 0 Å². The van der Waals surface area contributed by atoms with Crippen LogP contribution in [0.2, 0.25) is 0 Å². The van der Waals surface area contributed by atoms with E-state index < -0.39 is 0 Å². The molecule has 1 saturated heterocycles. The van der Waals surface area contributed by atoms with Crippen LogP contribution in [0.4, 0.5) is 0 Å². The quantitative estimate of drug-likeness (QED) is 0.679. The van der Waals surface area contributed by atoms with Gasteiger partial charge in [0.25, 0.3) is 5.91 Å². The second-order valence-corrected chi connectivity index (χ2v) is 6.82. The van der Waals surface area contributed by atoms with Gasteiger partial charge in [-0.1, -0.05) is 29.4 Å². The first-order valence-corrected chi connectivity index (χ1v) is 9.15. The molecule has 0 unspecified atom stereocenters. The molecule has 0 radical (unpaired) electrons. The van der Waals surface area contributed by atoms with Crippen LogP contribution in [0.5, 0.6) is 5.75 Å². The summed E-state index contributed by atoms with van der Waals surface area (Å²) in [5, 5.41) is 4.09. The lowest BCUT2D eigenvalue weighted by Crippen LogP contribution is -2.30. The van der Waals surface area contributed by atoms with Crippen molar-refractivity contribution in [1.29, 1.82) is 0 Å². The van der Waals surface area contributed by atoms with Crippen molar-refractivity contribution >= 4 is 5.91 Å².